The Bertz CT molecular complexity index is 507. The minimum Gasteiger partial charge on any atom is -0.481 e. The molecule has 0 spiro atoms. The molecule has 0 saturated heterocycles. The maximum atomic E-state index is 13.0. The van der Waals surface area contributed by atoms with Crippen molar-refractivity contribution in [3.8, 4) is 0 Å². The van der Waals surface area contributed by atoms with Gasteiger partial charge in [0.05, 0.1) is 5.92 Å². The highest BCUT2D eigenvalue weighted by molar-refractivity contribution is 5.95. The van der Waals surface area contributed by atoms with Crippen molar-refractivity contribution >= 4 is 17.6 Å². The number of rotatable bonds is 4. The molecule has 1 N–H and O–H groups in total. The van der Waals surface area contributed by atoms with Crippen LogP contribution in [0.1, 0.15) is 32.6 Å². The summed E-state index contributed by atoms with van der Waals surface area (Å²) in [4.78, 5) is 25.2. The van der Waals surface area contributed by atoms with E-state index in [1.165, 1.54) is 12.1 Å². The second kappa shape index (κ2) is 6.70. The van der Waals surface area contributed by atoms with E-state index >= 15 is 0 Å². The first-order valence-electron chi connectivity index (χ1n) is 7.32. The number of nitrogens with zero attached hydrogens (tertiary/aromatic N) is 1. The van der Waals surface area contributed by atoms with E-state index in [9.17, 15) is 14.0 Å². The van der Waals surface area contributed by atoms with E-state index in [0.29, 0.717) is 37.9 Å². The summed E-state index contributed by atoms with van der Waals surface area (Å²) in [6.07, 6.45) is 2.31. The summed E-state index contributed by atoms with van der Waals surface area (Å²) in [5.41, 5.74) is 0.684. The van der Waals surface area contributed by atoms with Gasteiger partial charge in [-0.1, -0.05) is 0 Å². The zero-order chi connectivity index (χ0) is 15.4. The van der Waals surface area contributed by atoms with Crippen molar-refractivity contribution in [1.29, 1.82) is 0 Å². The Balaban J connectivity index is 2.04. The molecule has 1 amide bonds. The molecule has 0 radical (unpaired) electrons. The molecule has 0 heterocycles. The lowest BCUT2D eigenvalue weighted by Gasteiger charge is -2.30. The average molecular weight is 293 g/mol. The topological polar surface area (TPSA) is 57.6 Å². The molecule has 1 aromatic rings. The molecule has 1 aliphatic rings. The van der Waals surface area contributed by atoms with Gasteiger partial charge in [-0.2, -0.15) is 0 Å². The molecule has 4 nitrogen and oxygen atoms in total. The lowest BCUT2D eigenvalue weighted by atomic mass is 9.81. The number of carboxylic acids is 1. The Morgan fingerprint density at radius 3 is 2.14 bits per heavy atom. The highest BCUT2D eigenvalue weighted by atomic mass is 19.1. The molecule has 1 fully saturated rings. The second-order valence-electron chi connectivity index (χ2n) is 5.45. The fourth-order valence-corrected chi connectivity index (χ4v) is 2.89. The molecular formula is C16H20FNO3. The van der Waals surface area contributed by atoms with Gasteiger partial charge in [0.1, 0.15) is 5.82 Å². The molecule has 5 heteroatoms. The number of hydrogen-bond donors (Lipinski definition) is 1. The van der Waals surface area contributed by atoms with Crippen LogP contribution in [0.5, 0.6) is 0 Å². The van der Waals surface area contributed by atoms with Gasteiger partial charge in [0.2, 0.25) is 5.91 Å². The Labute approximate surface area is 123 Å². The molecule has 0 aliphatic heterocycles. The molecule has 114 valence electrons. The molecule has 1 saturated carbocycles. The SMILES string of the molecule is CCN(C(=O)C1CCC(C(=O)O)CC1)c1ccc(F)cc1. The minimum atomic E-state index is -0.771. The summed E-state index contributed by atoms with van der Waals surface area (Å²) in [5, 5.41) is 8.99. The lowest BCUT2D eigenvalue weighted by Crippen LogP contribution is -2.38. The van der Waals surface area contributed by atoms with Crippen LogP contribution in [0.3, 0.4) is 0 Å². The zero-order valence-corrected chi connectivity index (χ0v) is 12.1. The standard InChI is InChI=1S/C16H20FNO3/c1-2-18(14-9-7-13(17)8-10-14)15(19)11-3-5-12(6-4-11)16(20)21/h7-12H,2-6H2,1H3,(H,20,21). The van der Waals surface area contributed by atoms with E-state index in [-0.39, 0.29) is 23.6 Å². The van der Waals surface area contributed by atoms with Crippen molar-refractivity contribution in [1.82, 2.24) is 0 Å². The smallest absolute Gasteiger partial charge is 0.306 e. The van der Waals surface area contributed by atoms with Crippen LogP contribution in [-0.4, -0.2) is 23.5 Å². The zero-order valence-electron chi connectivity index (χ0n) is 12.1. The van der Waals surface area contributed by atoms with Crippen LogP contribution in [-0.2, 0) is 9.59 Å². The van der Waals surface area contributed by atoms with Crippen LogP contribution in [0.4, 0.5) is 10.1 Å². The van der Waals surface area contributed by atoms with Crippen molar-refractivity contribution in [3.05, 3.63) is 30.1 Å². The third-order valence-electron chi connectivity index (χ3n) is 4.15. The van der Waals surface area contributed by atoms with Crippen LogP contribution >= 0.6 is 0 Å². The second-order valence-corrected chi connectivity index (χ2v) is 5.45. The van der Waals surface area contributed by atoms with Crippen molar-refractivity contribution in [2.24, 2.45) is 11.8 Å². The fourth-order valence-electron chi connectivity index (χ4n) is 2.89. The predicted octanol–water partition coefficient (Wildman–Crippen LogP) is 3.07. The van der Waals surface area contributed by atoms with E-state index in [1.54, 1.807) is 17.0 Å². The van der Waals surface area contributed by atoms with Gasteiger partial charge in [-0.25, -0.2) is 4.39 Å². The van der Waals surface area contributed by atoms with Crippen LogP contribution in [0.2, 0.25) is 0 Å². The Morgan fingerprint density at radius 1 is 1.14 bits per heavy atom. The lowest BCUT2D eigenvalue weighted by molar-refractivity contribution is -0.144. The summed E-state index contributed by atoms with van der Waals surface area (Å²) >= 11 is 0. The Morgan fingerprint density at radius 2 is 1.67 bits per heavy atom. The maximum Gasteiger partial charge on any atom is 0.306 e. The van der Waals surface area contributed by atoms with Gasteiger partial charge in [-0.15, -0.1) is 0 Å². The number of halogens is 1. The van der Waals surface area contributed by atoms with Gasteiger partial charge in [-0.3, -0.25) is 9.59 Å². The third-order valence-corrected chi connectivity index (χ3v) is 4.15. The maximum absolute atomic E-state index is 13.0. The van der Waals surface area contributed by atoms with Crippen molar-refractivity contribution < 1.29 is 19.1 Å². The highest BCUT2D eigenvalue weighted by Gasteiger charge is 2.32. The molecule has 0 unspecified atom stereocenters. The number of amides is 1. The first kappa shape index (κ1) is 15.5. The van der Waals surface area contributed by atoms with Gasteiger partial charge in [-0.05, 0) is 56.9 Å². The number of carboxylic acid groups (broad SMARTS) is 1. The van der Waals surface area contributed by atoms with E-state index in [2.05, 4.69) is 0 Å². The van der Waals surface area contributed by atoms with Crippen LogP contribution < -0.4 is 4.90 Å². The normalized spacial score (nSPS) is 21.8. The van der Waals surface area contributed by atoms with Crippen LogP contribution in [0, 0.1) is 17.7 Å². The number of carbonyl (C=O) groups is 2. The van der Waals surface area contributed by atoms with E-state index in [4.69, 9.17) is 5.11 Å². The monoisotopic (exact) mass is 293 g/mol. The minimum absolute atomic E-state index is 0.00736. The molecule has 0 aromatic heterocycles. The summed E-state index contributed by atoms with van der Waals surface area (Å²) in [7, 11) is 0. The number of benzene rings is 1. The number of anilines is 1. The molecule has 0 bridgehead atoms. The molecule has 2 rings (SSSR count). The van der Waals surface area contributed by atoms with Crippen molar-refractivity contribution in [2.45, 2.75) is 32.6 Å². The first-order chi connectivity index (χ1) is 10.0. The van der Waals surface area contributed by atoms with Gasteiger partial charge < -0.3 is 10.0 Å². The van der Waals surface area contributed by atoms with Crippen molar-refractivity contribution in [3.63, 3.8) is 0 Å². The van der Waals surface area contributed by atoms with E-state index < -0.39 is 5.97 Å². The fraction of sp³-hybridized carbons (Fsp3) is 0.500. The number of hydrogen-bond acceptors (Lipinski definition) is 2. The first-order valence-corrected chi connectivity index (χ1v) is 7.32. The van der Waals surface area contributed by atoms with Crippen molar-refractivity contribution in [2.75, 3.05) is 11.4 Å². The average Bonchev–Trinajstić information content (AvgIpc) is 2.50. The molecule has 1 aliphatic carbocycles. The highest BCUT2D eigenvalue weighted by Crippen LogP contribution is 2.31. The summed E-state index contributed by atoms with van der Waals surface area (Å²) < 4.78 is 13.0. The molecule has 21 heavy (non-hydrogen) atoms. The summed E-state index contributed by atoms with van der Waals surface area (Å²) in [6, 6.07) is 5.87. The number of carbonyl (C=O) groups excluding carboxylic acids is 1. The Hall–Kier alpha value is -1.91. The summed E-state index contributed by atoms with van der Waals surface area (Å²) in [6.45, 7) is 2.40. The van der Waals surface area contributed by atoms with Gasteiger partial charge in [0.15, 0.2) is 0 Å². The molecule has 0 atom stereocenters. The van der Waals surface area contributed by atoms with E-state index in [1.807, 2.05) is 6.92 Å². The number of aliphatic carboxylic acids is 1. The van der Waals surface area contributed by atoms with E-state index in [0.717, 1.165) is 0 Å². The van der Waals surface area contributed by atoms with Gasteiger partial charge in [0.25, 0.3) is 0 Å². The Kier molecular flexibility index (Phi) is 4.94. The van der Waals surface area contributed by atoms with Crippen LogP contribution in [0.15, 0.2) is 24.3 Å². The largest absolute Gasteiger partial charge is 0.481 e. The van der Waals surface area contributed by atoms with Gasteiger partial charge >= 0.3 is 5.97 Å². The summed E-state index contributed by atoms with van der Waals surface area (Å²) in [5.74, 6) is -1.55. The third kappa shape index (κ3) is 3.60. The molecular weight excluding hydrogens is 273 g/mol. The van der Waals surface area contributed by atoms with Crippen LogP contribution in [0.25, 0.3) is 0 Å². The van der Waals surface area contributed by atoms with Gasteiger partial charge in [0, 0.05) is 18.2 Å². The molecule has 1 aromatic carbocycles. The predicted molar refractivity (Wildman–Crippen MR) is 77.5 cm³/mol. The quantitative estimate of drug-likeness (QED) is 0.928.